The lowest BCUT2D eigenvalue weighted by molar-refractivity contribution is 0.0964. The monoisotopic (exact) mass is 244 g/mol. The molecule has 3 nitrogen and oxygen atoms in total. The van der Waals surface area contributed by atoms with Crippen LogP contribution in [0.5, 0.6) is 0 Å². The van der Waals surface area contributed by atoms with Crippen LogP contribution in [0.4, 0.5) is 0 Å². The van der Waals surface area contributed by atoms with Crippen molar-refractivity contribution in [2.75, 3.05) is 0 Å². The Morgan fingerprint density at radius 2 is 2.18 bits per heavy atom. The Labute approximate surface area is 104 Å². The van der Waals surface area contributed by atoms with Crippen LogP contribution in [0.2, 0.25) is 0 Å². The average molecular weight is 244 g/mol. The van der Waals surface area contributed by atoms with Gasteiger partial charge in [0.05, 0.1) is 17.5 Å². The molecule has 0 fully saturated rings. The maximum Gasteiger partial charge on any atom is 0.256 e. The average Bonchev–Trinajstić information content (AvgIpc) is 2.45. The fourth-order valence-electron chi connectivity index (χ4n) is 1.44. The first kappa shape index (κ1) is 11.7. The number of nitrogens with zero attached hydrogens (tertiary/aromatic N) is 1. The number of thioether (sulfide) groups is 1. The fourth-order valence-corrected chi connectivity index (χ4v) is 2.34. The second-order valence-corrected chi connectivity index (χ2v) is 4.56. The smallest absolute Gasteiger partial charge is 0.256 e. The van der Waals surface area contributed by atoms with Gasteiger partial charge in [0, 0.05) is 16.0 Å². The Bertz CT molecular complexity index is 532. The maximum absolute atomic E-state index is 12.0. The normalized spacial score (nSPS) is 18.1. The second kappa shape index (κ2) is 5.01. The van der Waals surface area contributed by atoms with Crippen LogP contribution < -0.4 is 5.32 Å². The first-order valence-corrected chi connectivity index (χ1v) is 5.99. The number of carbonyl (C=O) groups is 1. The van der Waals surface area contributed by atoms with Crippen molar-refractivity contribution in [1.29, 1.82) is 0 Å². The first-order chi connectivity index (χ1) is 8.22. The van der Waals surface area contributed by atoms with Crippen molar-refractivity contribution >= 4 is 23.9 Å². The van der Waals surface area contributed by atoms with E-state index in [0.717, 1.165) is 9.80 Å². The van der Waals surface area contributed by atoms with Gasteiger partial charge in [-0.2, -0.15) is 0 Å². The van der Waals surface area contributed by atoms with Crippen LogP contribution in [-0.2, 0) is 0 Å². The van der Waals surface area contributed by atoms with Gasteiger partial charge >= 0.3 is 0 Å². The van der Waals surface area contributed by atoms with Crippen molar-refractivity contribution in [1.82, 2.24) is 5.32 Å². The molecule has 0 aromatic heterocycles. The van der Waals surface area contributed by atoms with E-state index in [1.165, 1.54) is 11.8 Å². The Morgan fingerprint density at radius 3 is 2.94 bits per heavy atom. The minimum atomic E-state index is -0.121. The van der Waals surface area contributed by atoms with Gasteiger partial charge in [-0.1, -0.05) is 30.5 Å². The molecular weight excluding hydrogens is 232 g/mol. The molecular formula is C13H12N2OS. The topological polar surface area (TPSA) is 41.5 Å². The van der Waals surface area contributed by atoms with Crippen LogP contribution in [0.1, 0.15) is 17.3 Å². The zero-order valence-corrected chi connectivity index (χ0v) is 10.3. The van der Waals surface area contributed by atoms with Gasteiger partial charge in [0.25, 0.3) is 5.91 Å². The Balaban J connectivity index is 2.41. The predicted molar refractivity (Wildman–Crippen MR) is 71.2 cm³/mol. The number of carbonyl (C=O) groups excluding carboxylic acids is 1. The van der Waals surface area contributed by atoms with Crippen LogP contribution in [0.3, 0.4) is 0 Å². The Hall–Kier alpha value is -1.81. The van der Waals surface area contributed by atoms with E-state index in [-0.39, 0.29) is 5.91 Å². The molecule has 17 heavy (non-hydrogen) atoms. The van der Waals surface area contributed by atoms with Gasteiger partial charge in [-0.3, -0.25) is 9.79 Å². The van der Waals surface area contributed by atoms with Crippen LogP contribution in [0.25, 0.3) is 0 Å². The quantitative estimate of drug-likeness (QED) is 0.772. The summed E-state index contributed by atoms with van der Waals surface area (Å²) in [4.78, 5) is 17.7. The second-order valence-electron chi connectivity index (χ2n) is 3.43. The van der Waals surface area contributed by atoms with E-state index in [1.54, 1.807) is 18.5 Å². The number of fused-ring (bicyclic) bond motifs is 1. The van der Waals surface area contributed by atoms with Gasteiger partial charge in [-0.05, 0) is 19.1 Å². The van der Waals surface area contributed by atoms with Crippen molar-refractivity contribution in [2.24, 2.45) is 4.99 Å². The van der Waals surface area contributed by atoms with Gasteiger partial charge in [0.15, 0.2) is 0 Å². The number of aliphatic imine (C=N–C) groups is 1. The molecule has 1 aromatic carbocycles. The van der Waals surface area contributed by atoms with Crippen molar-refractivity contribution in [3.05, 3.63) is 53.2 Å². The molecule has 1 aliphatic heterocycles. The minimum Gasteiger partial charge on any atom is -0.320 e. The largest absolute Gasteiger partial charge is 0.320 e. The van der Waals surface area contributed by atoms with Crippen molar-refractivity contribution in [3.63, 3.8) is 0 Å². The highest BCUT2D eigenvalue weighted by molar-refractivity contribution is 8.03. The van der Waals surface area contributed by atoms with E-state index >= 15 is 0 Å². The van der Waals surface area contributed by atoms with Crippen LogP contribution in [0, 0.1) is 0 Å². The SMILES string of the molecule is C=C1Sc2ccccc2C(=O)N/C1=C/N=C\C. The summed E-state index contributed by atoms with van der Waals surface area (Å²) in [5, 5.41) is 2.81. The van der Waals surface area contributed by atoms with Crippen LogP contribution >= 0.6 is 11.8 Å². The van der Waals surface area contributed by atoms with E-state index < -0.39 is 0 Å². The van der Waals surface area contributed by atoms with Crippen LogP contribution in [0.15, 0.2) is 57.5 Å². The van der Waals surface area contributed by atoms with Gasteiger partial charge in [0.2, 0.25) is 0 Å². The minimum absolute atomic E-state index is 0.121. The molecule has 0 unspecified atom stereocenters. The van der Waals surface area contributed by atoms with Crippen molar-refractivity contribution < 1.29 is 4.79 Å². The highest BCUT2D eigenvalue weighted by atomic mass is 32.2. The molecule has 1 N–H and O–H groups in total. The summed E-state index contributed by atoms with van der Waals surface area (Å²) in [6, 6.07) is 7.47. The third-order valence-corrected chi connectivity index (χ3v) is 3.31. The lowest BCUT2D eigenvalue weighted by Gasteiger charge is -2.04. The molecule has 1 aromatic rings. The lowest BCUT2D eigenvalue weighted by Crippen LogP contribution is -2.21. The summed E-state index contributed by atoms with van der Waals surface area (Å²) in [7, 11) is 0. The molecule has 1 heterocycles. The number of hydrogen-bond donors (Lipinski definition) is 1. The first-order valence-electron chi connectivity index (χ1n) is 5.18. The van der Waals surface area contributed by atoms with E-state index in [4.69, 9.17) is 0 Å². The summed E-state index contributed by atoms with van der Waals surface area (Å²) >= 11 is 1.48. The summed E-state index contributed by atoms with van der Waals surface area (Å²) in [5.74, 6) is -0.121. The summed E-state index contributed by atoms with van der Waals surface area (Å²) in [5.41, 5.74) is 1.32. The van der Waals surface area contributed by atoms with E-state index in [2.05, 4.69) is 16.9 Å². The lowest BCUT2D eigenvalue weighted by atomic mass is 10.2. The predicted octanol–water partition coefficient (Wildman–Crippen LogP) is 2.97. The molecule has 0 saturated heterocycles. The fraction of sp³-hybridized carbons (Fsp3) is 0.0769. The highest BCUT2D eigenvalue weighted by Gasteiger charge is 2.19. The van der Waals surface area contributed by atoms with Crippen molar-refractivity contribution in [2.45, 2.75) is 11.8 Å². The van der Waals surface area contributed by atoms with Gasteiger partial charge in [0.1, 0.15) is 0 Å². The molecule has 0 bridgehead atoms. The zero-order valence-electron chi connectivity index (χ0n) is 9.43. The molecule has 0 saturated carbocycles. The highest BCUT2D eigenvalue weighted by Crippen LogP contribution is 2.34. The number of nitrogens with one attached hydrogen (secondary N) is 1. The zero-order chi connectivity index (χ0) is 12.3. The summed E-state index contributed by atoms with van der Waals surface area (Å²) < 4.78 is 0. The number of hydrogen-bond acceptors (Lipinski definition) is 3. The number of amides is 1. The Kier molecular flexibility index (Phi) is 3.44. The molecule has 86 valence electrons. The third-order valence-electron chi connectivity index (χ3n) is 2.27. The number of rotatable bonds is 1. The Morgan fingerprint density at radius 1 is 1.41 bits per heavy atom. The van der Waals surface area contributed by atoms with Crippen molar-refractivity contribution in [3.8, 4) is 0 Å². The van der Waals surface area contributed by atoms with E-state index in [0.29, 0.717) is 11.3 Å². The molecule has 0 atom stereocenters. The van der Waals surface area contributed by atoms with E-state index in [1.807, 2.05) is 25.1 Å². The summed E-state index contributed by atoms with van der Waals surface area (Å²) in [6.45, 7) is 5.77. The van der Waals surface area contributed by atoms with Gasteiger partial charge in [-0.15, -0.1) is 0 Å². The molecule has 1 amide bonds. The molecule has 0 spiro atoms. The third kappa shape index (κ3) is 2.47. The summed E-state index contributed by atoms with van der Waals surface area (Å²) in [6.07, 6.45) is 3.27. The molecule has 0 aliphatic carbocycles. The molecule has 4 heteroatoms. The van der Waals surface area contributed by atoms with Gasteiger partial charge in [-0.25, -0.2) is 0 Å². The molecule has 1 aliphatic rings. The van der Waals surface area contributed by atoms with E-state index in [9.17, 15) is 4.79 Å². The molecule has 0 radical (unpaired) electrons. The standard InChI is InChI=1S/C13H12N2OS/c1-3-14-8-11-9(2)17-12-7-5-4-6-10(12)13(16)15-11/h3-8H,2H2,1H3,(H,15,16)/b11-8+,14-3-. The maximum atomic E-state index is 12.0. The number of benzene rings is 1. The van der Waals surface area contributed by atoms with Gasteiger partial charge < -0.3 is 5.32 Å². The molecule has 2 rings (SSSR count). The van der Waals surface area contributed by atoms with Crippen LogP contribution in [-0.4, -0.2) is 12.1 Å².